The molecule has 2 aliphatic rings. The Bertz CT molecular complexity index is 1060. The first kappa shape index (κ1) is 18.4. The Kier molecular flexibility index (Phi) is 4.67. The number of benzene rings is 1. The third-order valence-electron chi connectivity index (χ3n) is 6.23. The summed E-state index contributed by atoms with van der Waals surface area (Å²) < 4.78 is 20.3. The van der Waals surface area contributed by atoms with Crippen molar-refractivity contribution in [3.8, 4) is 0 Å². The predicted octanol–water partition coefficient (Wildman–Crippen LogP) is 2.61. The third-order valence-corrected chi connectivity index (χ3v) is 6.23. The summed E-state index contributed by atoms with van der Waals surface area (Å²) in [6.07, 6.45) is 3.40. The number of aromatic nitrogens is 4. The lowest BCUT2D eigenvalue weighted by Crippen LogP contribution is -2.46. The maximum Gasteiger partial charge on any atom is 0.277 e. The van der Waals surface area contributed by atoms with E-state index in [0.717, 1.165) is 37.3 Å². The van der Waals surface area contributed by atoms with Crippen LogP contribution in [0.15, 0.2) is 35.3 Å². The summed E-state index contributed by atoms with van der Waals surface area (Å²) in [6, 6.07) is 6.68. The van der Waals surface area contributed by atoms with E-state index < -0.39 is 0 Å². The van der Waals surface area contributed by atoms with Gasteiger partial charge in [-0.25, -0.2) is 13.9 Å². The Morgan fingerprint density at radius 3 is 2.62 bits per heavy atom. The Balaban J connectivity index is 1.37. The average Bonchev–Trinajstić information content (AvgIpc) is 3.13. The van der Waals surface area contributed by atoms with Crippen LogP contribution in [-0.4, -0.2) is 50.8 Å². The fourth-order valence-corrected chi connectivity index (χ4v) is 4.30. The van der Waals surface area contributed by atoms with Gasteiger partial charge in [0.25, 0.3) is 5.56 Å². The highest BCUT2D eigenvalue weighted by molar-refractivity contribution is 5.42. The molecule has 0 amide bonds. The Labute approximate surface area is 167 Å². The summed E-state index contributed by atoms with van der Waals surface area (Å²) in [5.74, 6) is 1.91. The molecule has 0 spiro atoms. The quantitative estimate of drug-likeness (QED) is 0.733. The van der Waals surface area contributed by atoms with Crippen LogP contribution in [0.1, 0.15) is 54.9 Å². The largest absolute Gasteiger partial charge is 0.381 e. The molecule has 0 saturated carbocycles. The normalized spacial score (nSPS) is 20.1. The Morgan fingerprint density at radius 2 is 1.90 bits per heavy atom. The smallest absolute Gasteiger partial charge is 0.277 e. The second-order valence-corrected chi connectivity index (χ2v) is 8.02. The first-order valence-electron chi connectivity index (χ1n) is 10.2. The molecule has 3 aromatic rings. The van der Waals surface area contributed by atoms with Crippen molar-refractivity contribution in [2.24, 2.45) is 0 Å². The van der Waals surface area contributed by atoms with Crippen molar-refractivity contribution < 1.29 is 9.13 Å². The molecule has 1 aromatic carbocycles. The zero-order valence-corrected chi connectivity index (χ0v) is 16.3. The summed E-state index contributed by atoms with van der Waals surface area (Å²) >= 11 is 0. The average molecular weight is 397 g/mol. The van der Waals surface area contributed by atoms with Gasteiger partial charge in [-0.05, 0) is 37.5 Å². The molecule has 4 heterocycles. The van der Waals surface area contributed by atoms with Crippen molar-refractivity contribution in [1.29, 1.82) is 0 Å². The van der Waals surface area contributed by atoms with Gasteiger partial charge >= 0.3 is 0 Å². The minimum atomic E-state index is -0.214. The molecule has 8 heteroatoms. The lowest BCUT2D eigenvalue weighted by atomic mass is 9.90. The van der Waals surface area contributed by atoms with E-state index in [2.05, 4.69) is 21.8 Å². The second-order valence-electron chi connectivity index (χ2n) is 8.02. The van der Waals surface area contributed by atoms with Crippen molar-refractivity contribution in [3.05, 3.63) is 63.8 Å². The number of nitrogens with one attached hydrogen (secondary N) is 1. The molecule has 1 N–H and O–H groups in total. The van der Waals surface area contributed by atoms with E-state index >= 15 is 0 Å². The van der Waals surface area contributed by atoms with Crippen LogP contribution in [0.2, 0.25) is 0 Å². The van der Waals surface area contributed by atoms with Crippen molar-refractivity contribution in [2.45, 2.75) is 37.6 Å². The maximum absolute atomic E-state index is 13.1. The van der Waals surface area contributed by atoms with E-state index in [0.29, 0.717) is 30.5 Å². The van der Waals surface area contributed by atoms with E-state index in [9.17, 15) is 9.18 Å². The monoisotopic (exact) mass is 397 g/mol. The number of aromatic amines is 1. The summed E-state index contributed by atoms with van der Waals surface area (Å²) in [7, 11) is 0. The van der Waals surface area contributed by atoms with Gasteiger partial charge in [0.1, 0.15) is 17.5 Å². The summed E-state index contributed by atoms with van der Waals surface area (Å²) in [6.45, 7) is 5.18. The molecule has 2 aromatic heterocycles. The predicted molar refractivity (Wildman–Crippen MR) is 106 cm³/mol. The number of imidazole rings is 1. The van der Waals surface area contributed by atoms with Gasteiger partial charge in [0.2, 0.25) is 0 Å². The third kappa shape index (κ3) is 3.36. The SMILES string of the molecule is C[C@H](c1nn2c(C3CCOCC3)ncc2c(=O)[nH]1)N1CC(c2ccc(F)cc2)C1. The summed E-state index contributed by atoms with van der Waals surface area (Å²) in [4.78, 5) is 22.3. The van der Waals surface area contributed by atoms with Crippen molar-refractivity contribution in [2.75, 3.05) is 26.3 Å². The molecule has 29 heavy (non-hydrogen) atoms. The van der Waals surface area contributed by atoms with Crippen LogP contribution < -0.4 is 5.56 Å². The second kappa shape index (κ2) is 7.35. The molecule has 0 bridgehead atoms. The highest BCUT2D eigenvalue weighted by Crippen LogP contribution is 2.33. The molecule has 2 fully saturated rings. The summed E-state index contributed by atoms with van der Waals surface area (Å²) in [5, 5.41) is 4.75. The summed E-state index contributed by atoms with van der Waals surface area (Å²) in [5.41, 5.74) is 1.46. The topological polar surface area (TPSA) is 75.5 Å². The molecule has 0 unspecified atom stereocenters. The van der Waals surface area contributed by atoms with Crippen LogP contribution in [0, 0.1) is 5.82 Å². The number of ether oxygens (including phenoxy) is 1. The minimum absolute atomic E-state index is 0.0197. The fraction of sp³-hybridized carbons (Fsp3) is 0.476. The number of rotatable bonds is 4. The molecule has 152 valence electrons. The van der Waals surface area contributed by atoms with E-state index in [4.69, 9.17) is 9.84 Å². The van der Waals surface area contributed by atoms with Crippen LogP contribution >= 0.6 is 0 Å². The minimum Gasteiger partial charge on any atom is -0.381 e. The first-order chi connectivity index (χ1) is 14.1. The maximum atomic E-state index is 13.1. The molecule has 0 radical (unpaired) electrons. The molecule has 1 atom stereocenters. The highest BCUT2D eigenvalue weighted by atomic mass is 19.1. The van der Waals surface area contributed by atoms with Gasteiger partial charge in [0, 0.05) is 38.1 Å². The molecular weight excluding hydrogens is 373 g/mol. The van der Waals surface area contributed by atoms with Crippen LogP contribution in [0.25, 0.3) is 5.52 Å². The molecule has 0 aliphatic carbocycles. The lowest BCUT2D eigenvalue weighted by Gasteiger charge is -2.42. The van der Waals surface area contributed by atoms with Crippen LogP contribution in [0.3, 0.4) is 0 Å². The Hall–Kier alpha value is -2.58. The van der Waals surface area contributed by atoms with Gasteiger partial charge in [0.05, 0.1) is 12.2 Å². The number of hydrogen-bond acceptors (Lipinski definition) is 5. The lowest BCUT2D eigenvalue weighted by molar-refractivity contribution is 0.0829. The van der Waals surface area contributed by atoms with Gasteiger partial charge in [-0.3, -0.25) is 9.69 Å². The van der Waals surface area contributed by atoms with E-state index in [1.165, 1.54) is 12.1 Å². The van der Waals surface area contributed by atoms with Gasteiger partial charge in [0.15, 0.2) is 5.52 Å². The van der Waals surface area contributed by atoms with Gasteiger partial charge in [-0.1, -0.05) is 12.1 Å². The van der Waals surface area contributed by atoms with E-state index in [1.54, 1.807) is 10.7 Å². The van der Waals surface area contributed by atoms with E-state index in [1.807, 2.05) is 12.1 Å². The number of fused-ring (bicyclic) bond motifs is 1. The first-order valence-corrected chi connectivity index (χ1v) is 10.2. The Morgan fingerprint density at radius 1 is 1.17 bits per heavy atom. The van der Waals surface area contributed by atoms with Crippen LogP contribution in [0.4, 0.5) is 4.39 Å². The molecule has 2 aliphatic heterocycles. The standard InChI is InChI=1S/C21H24FN5O2/c1-13(26-11-16(12-26)14-2-4-17(22)5-3-14)19-24-21(28)18-10-23-20(27(18)25-19)15-6-8-29-9-7-15/h2-5,10,13,15-16H,6-9,11-12H2,1H3,(H,24,25,28)/t13-/m1/s1. The van der Waals surface area contributed by atoms with Gasteiger partial charge < -0.3 is 9.72 Å². The van der Waals surface area contributed by atoms with Gasteiger partial charge in [-0.15, -0.1) is 0 Å². The molecule has 2 saturated heterocycles. The van der Waals surface area contributed by atoms with Crippen LogP contribution in [-0.2, 0) is 4.74 Å². The molecule has 5 rings (SSSR count). The molecular formula is C21H24FN5O2. The van der Waals surface area contributed by atoms with Crippen LogP contribution in [0.5, 0.6) is 0 Å². The van der Waals surface area contributed by atoms with Crippen molar-refractivity contribution >= 4 is 5.52 Å². The molecule has 7 nitrogen and oxygen atoms in total. The number of nitrogens with zero attached hydrogens (tertiary/aromatic N) is 4. The highest BCUT2D eigenvalue weighted by Gasteiger charge is 2.33. The van der Waals surface area contributed by atoms with Gasteiger partial charge in [-0.2, -0.15) is 5.10 Å². The zero-order chi connectivity index (χ0) is 20.0. The number of halogens is 1. The van der Waals surface area contributed by atoms with Crippen molar-refractivity contribution in [1.82, 2.24) is 24.5 Å². The van der Waals surface area contributed by atoms with E-state index in [-0.39, 0.29) is 23.3 Å². The fourth-order valence-electron chi connectivity index (χ4n) is 4.30. The number of H-pyrrole nitrogens is 1. The zero-order valence-electron chi connectivity index (χ0n) is 16.3. The number of hydrogen-bond donors (Lipinski definition) is 1. The van der Waals surface area contributed by atoms with Crippen molar-refractivity contribution in [3.63, 3.8) is 0 Å². The number of likely N-dealkylation sites (tertiary alicyclic amines) is 1.